The number of benzene rings is 2. The molecule has 24 heavy (non-hydrogen) atoms. The summed E-state index contributed by atoms with van der Waals surface area (Å²) in [6, 6.07) is 7.47. The average Bonchev–Trinajstić information content (AvgIpc) is 2.51. The van der Waals surface area contributed by atoms with Crippen molar-refractivity contribution in [3.05, 3.63) is 58.6 Å². The lowest BCUT2D eigenvalue weighted by Gasteiger charge is -2.38. The summed E-state index contributed by atoms with van der Waals surface area (Å²) in [5.41, 5.74) is -0.268. The minimum Gasteiger partial charge on any atom is -0.487 e. The summed E-state index contributed by atoms with van der Waals surface area (Å²) < 4.78 is 58.7. The Morgan fingerprint density at radius 2 is 1.71 bits per heavy atom. The zero-order chi connectivity index (χ0) is 17.7. The third kappa shape index (κ3) is 2.48. The van der Waals surface area contributed by atoms with Crippen molar-refractivity contribution in [1.82, 2.24) is 0 Å². The molecular formula is C17H15ClF2O3S. The summed E-state index contributed by atoms with van der Waals surface area (Å²) in [5.74, 6) is -1.93. The summed E-state index contributed by atoms with van der Waals surface area (Å²) >= 11 is 5.81. The molecule has 3 rings (SSSR count). The Morgan fingerprint density at radius 1 is 1.12 bits per heavy atom. The van der Waals surface area contributed by atoms with Gasteiger partial charge in [0.1, 0.15) is 10.6 Å². The average molecular weight is 373 g/mol. The van der Waals surface area contributed by atoms with Crippen LogP contribution >= 0.6 is 11.6 Å². The SMILES string of the molecule is C[C@@H]1C[C@](C)(S(=O)(=O)c2ccc(Cl)cc2)c2c(F)ccc(F)c2O1. The van der Waals surface area contributed by atoms with E-state index in [9.17, 15) is 17.2 Å². The second-order valence-corrected chi connectivity index (χ2v) is 8.87. The first-order chi connectivity index (χ1) is 11.2. The maximum atomic E-state index is 14.5. The molecule has 0 N–H and O–H groups in total. The summed E-state index contributed by atoms with van der Waals surface area (Å²) in [6.45, 7) is 3.03. The first kappa shape index (κ1) is 17.2. The van der Waals surface area contributed by atoms with Crippen molar-refractivity contribution in [2.24, 2.45) is 0 Å². The van der Waals surface area contributed by atoms with E-state index in [1.54, 1.807) is 6.92 Å². The molecule has 0 unspecified atom stereocenters. The van der Waals surface area contributed by atoms with Crippen LogP contribution in [0.25, 0.3) is 0 Å². The largest absolute Gasteiger partial charge is 0.487 e. The van der Waals surface area contributed by atoms with E-state index >= 15 is 0 Å². The molecule has 1 heterocycles. The molecule has 0 fully saturated rings. The highest BCUT2D eigenvalue weighted by molar-refractivity contribution is 7.92. The minimum atomic E-state index is -4.01. The second kappa shape index (κ2) is 5.70. The van der Waals surface area contributed by atoms with E-state index in [1.165, 1.54) is 31.2 Å². The van der Waals surface area contributed by atoms with Crippen molar-refractivity contribution in [3.8, 4) is 5.75 Å². The van der Waals surface area contributed by atoms with Crippen molar-refractivity contribution in [2.75, 3.05) is 0 Å². The fraction of sp³-hybridized carbons (Fsp3) is 0.294. The Kier molecular flexibility index (Phi) is 4.08. The van der Waals surface area contributed by atoms with Gasteiger partial charge in [-0.05, 0) is 50.2 Å². The van der Waals surface area contributed by atoms with E-state index < -0.39 is 32.3 Å². The Hall–Kier alpha value is -1.66. The van der Waals surface area contributed by atoms with Gasteiger partial charge in [0.05, 0.1) is 16.6 Å². The van der Waals surface area contributed by atoms with E-state index in [0.717, 1.165) is 12.1 Å². The molecule has 0 saturated heterocycles. The molecule has 3 nitrogen and oxygen atoms in total. The first-order valence-electron chi connectivity index (χ1n) is 7.32. The molecule has 2 aromatic carbocycles. The third-order valence-corrected chi connectivity index (χ3v) is 7.00. The van der Waals surface area contributed by atoms with Crippen LogP contribution in [-0.4, -0.2) is 14.5 Å². The van der Waals surface area contributed by atoms with Crippen LogP contribution in [0.5, 0.6) is 5.75 Å². The molecule has 1 aliphatic rings. The summed E-state index contributed by atoms with van der Waals surface area (Å²) in [6.07, 6.45) is -0.577. The fourth-order valence-corrected chi connectivity index (χ4v) is 5.21. The Balaban J connectivity index is 2.28. The molecule has 0 aromatic heterocycles. The van der Waals surface area contributed by atoms with Crippen LogP contribution in [-0.2, 0) is 14.6 Å². The number of hydrogen-bond acceptors (Lipinski definition) is 3. The van der Waals surface area contributed by atoms with Gasteiger partial charge in [-0.2, -0.15) is 0 Å². The zero-order valence-electron chi connectivity index (χ0n) is 13.0. The molecule has 7 heteroatoms. The highest BCUT2D eigenvalue weighted by Gasteiger charge is 2.50. The molecule has 128 valence electrons. The number of ether oxygens (including phenoxy) is 1. The quantitative estimate of drug-likeness (QED) is 0.780. The van der Waals surface area contributed by atoms with Crippen LogP contribution < -0.4 is 4.74 Å². The number of fused-ring (bicyclic) bond motifs is 1. The predicted octanol–water partition coefficient (Wildman–Crippen LogP) is 4.48. The molecule has 0 spiro atoms. The minimum absolute atomic E-state index is 0.00175. The predicted molar refractivity (Wildman–Crippen MR) is 87.1 cm³/mol. The third-order valence-electron chi connectivity index (χ3n) is 4.30. The molecule has 0 radical (unpaired) electrons. The van der Waals surface area contributed by atoms with Gasteiger partial charge < -0.3 is 4.74 Å². The van der Waals surface area contributed by atoms with Gasteiger partial charge in [0, 0.05) is 11.4 Å². The monoisotopic (exact) mass is 372 g/mol. The fourth-order valence-electron chi connectivity index (χ4n) is 3.15. The van der Waals surface area contributed by atoms with Crippen molar-refractivity contribution >= 4 is 21.4 Å². The molecule has 0 amide bonds. The van der Waals surface area contributed by atoms with Crippen molar-refractivity contribution < 1.29 is 21.9 Å². The van der Waals surface area contributed by atoms with E-state index in [0.29, 0.717) is 5.02 Å². The summed E-state index contributed by atoms with van der Waals surface area (Å²) in [4.78, 5) is -0.00175. The van der Waals surface area contributed by atoms with E-state index in [4.69, 9.17) is 16.3 Å². The van der Waals surface area contributed by atoms with Crippen molar-refractivity contribution in [2.45, 2.75) is 36.0 Å². The van der Waals surface area contributed by atoms with Gasteiger partial charge >= 0.3 is 0 Å². The lowest BCUT2D eigenvalue weighted by molar-refractivity contribution is 0.156. The zero-order valence-corrected chi connectivity index (χ0v) is 14.6. The topological polar surface area (TPSA) is 43.4 Å². The van der Waals surface area contributed by atoms with Crippen molar-refractivity contribution in [3.63, 3.8) is 0 Å². The molecule has 0 aliphatic carbocycles. The van der Waals surface area contributed by atoms with Crippen LogP contribution in [0.4, 0.5) is 8.78 Å². The van der Waals surface area contributed by atoms with Crippen LogP contribution in [0, 0.1) is 11.6 Å². The number of rotatable bonds is 2. The van der Waals surface area contributed by atoms with Gasteiger partial charge in [-0.15, -0.1) is 0 Å². The number of hydrogen-bond donors (Lipinski definition) is 0. The maximum absolute atomic E-state index is 14.5. The van der Waals surface area contributed by atoms with Gasteiger partial charge in [-0.1, -0.05) is 11.6 Å². The van der Waals surface area contributed by atoms with Gasteiger partial charge in [-0.25, -0.2) is 17.2 Å². The molecule has 0 bridgehead atoms. The lowest BCUT2D eigenvalue weighted by atomic mass is 9.90. The highest BCUT2D eigenvalue weighted by atomic mass is 35.5. The number of halogens is 3. The standard InChI is InChI=1S/C17H15ClF2O3S/c1-10-9-17(2,15-13(19)7-8-14(20)16(15)23-10)24(21,22)12-5-3-11(18)4-6-12/h3-8,10H,9H2,1-2H3/t10-,17+/m1/s1. The van der Waals surface area contributed by atoms with Gasteiger partial charge in [0.15, 0.2) is 21.4 Å². The van der Waals surface area contributed by atoms with Crippen LogP contribution in [0.15, 0.2) is 41.3 Å². The van der Waals surface area contributed by atoms with Gasteiger partial charge in [0.25, 0.3) is 0 Å². The van der Waals surface area contributed by atoms with Crippen molar-refractivity contribution in [1.29, 1.82) is 0 Å². The maximum Gasteiger partial charge on any atom is 0.188 e. The molecular weight excluding hydrogens is 358 g/mol. The molecule has 1 aliphatic heterocycles. The van der Waals surface area contributed by atoms with Crippen LogP contribution in [0.2, 0.25) is 5.02 Å². The highest BCUT2D eigenvalue weighted by Crippen LogP contribution is 2.49. The number of sulfone groups is 1. The lowest BCUT2D eigenvalue weighted by Crippen LogP contribution is -2.42. The summed E-state index contributed by atoms with van der Waals surface area (Å²) in [5, 5.41) is 0.386. The molecule has 2 atom stereocenters. The van der Waals surface area contributed by atoms with Crippen LogP contribution in [0.1, 0.15) is 25.8 Å². The first-order valence-corrected chi connectivity index (χ1v) is 9.18. The molecule has 0 saturated carbocycles. The Morgan fingerprint density at radius 3 is 2.33 bits per heavy atom. The second-order valence-electron chi connectivity index (χ2n) is 6.05. The van der Waals surface area contributed by atoms with E-state index in [-0.39, 0.29) is 22.6 Å². The summed E-state index contributed by atoms with van der Waals surface area (Å²) in [7, 11) is -4.01. The van der Waals surface area contributed by atoms with Gasteiger partial charge in [0.2, 0.25) is 0 Å². The van der Waals surface area contributed by atoms with Crippen LogP contribution in [0.3, 0.4) is 0 Å². The van der Waals surface area contributed by atoms with Gasteiger partial charge in [-0.3, -0.25) is 0 Å². The Bertz CT molecular complexity index is 897. The Labute approximate surface area is 144 Å². The smallest absolute Gasteiger partial charge is 0.188 e. The van der Waals surface area contributed by atoms with E-state index in [2.05, 4.69) is 0 Å². The normalized spacial score (nSPS) is 23.5. The molecule has 2 aromatic rings. The van der Waals surface area contributed by atoms with E-state index in [1.807, 2.05) is 0 Å².